The Morgan fingerprint density at radius 1 is 1.17 bits per heavy atom. The number of amidine groups is 1. The highest BCUT2D eigenvalue weighted by atomic mass is 16.5. The first kappa shape index (κ1) is 22.6. The Morgan fingerprint density at radius 2 is 2.00 bits per heavy atom. The van der Waals surface area contributed by atoms with Crippen molar-refractivity contribution in [2.45, 2.75) is 12.8 Å². The zero-order valence-corrected chi connectivity index (χ0v) is 19.3. The molecule has 5 rings (SSSR count). The van der Waals surface area contributed by atoms with E-state index in [0.717, 1.165) is 42.0 Å². The van der Waals surface area contributed by atoms with E-state index in [-0.39, 0.29) is 6.54 Å². The number of aromatic nitrogens is 3. The zero-order chi connectivity index (χ0) is 24.2. The molecule has 2 aliphatic heterocycles. The lowest BCUT2D eigenvalue weighted by molar-refractivity contribution is -0.134. The van der Waals surface area contributed by atoms with E-state index in [4.69, 9.17) is 9.84 Å². The molecule has 0 unspecified atom stereocenters. The van der Waals surface area contributed by atoms with Gasteiger partial charge in [-0.05, 0) is 61.3 Å². The van der Waals surface area contributed by atoms with Crippen molar-refractivity contribution in [3.05, 3.63) is 60.3 Å². The minimum absolute atomic E-state index is 0.146. The zero-order valence-electron chi connectivity index (χ0n) is 19.3. The van der Waals surface area contributed by atoms with Crippen LogP contribution in [0.15, 0.2) is 54.0 Å². The minimum atomic E-state index is -0.911. The summed E-state index contributed by atoms with van der Waals surface area (Å²) >= 11 is 0. The Kier molecular flexibility index (Phi) is 6.44. The maximum absolute atomic E-state index is 10.9. The van der Waals surface area contributed by atoms with E-state index in [9.17, 15) is 4.79 Å². The van der Waals surface area contributed by atoms with Crippen LogP contribution in [-0.4, -0.2) is 70.0 Å². The highest BCUT2D eigenvalue weighted by Gasteiger charge is 2.22. The van der Waals surface area contributed by atoms with E-state index in [1.54, 1.807) is 0 Å². The van der Waals surface area contributed by atoms with Gasteiger partial charge in [-0.15, -0.1) is 5.10 Å². The van der Waals surface area contributed by atoms with Crippen LogP contribution in [0.2, 0.25) is 0 Å². The van der Waals surface area contributed by atoms with E-state index in [1.165, 1.54) is 12.8 Å². The van der Waals surface area contributed by atoms with Crippen LogP contribution in [-0.2, 0) is 4.79 Å². The Balaban J connectivity index is 1.45. The number of carboxylic acid groups (broad SMARTS) is 1. The molecular formula is C25H27N7O3. The van der Waals surface area contributed by atoms with Crippen molar-refractivity contribution < 1.29 is 14.6 Å². The number of hydrogen-bond donors (Lipinski definition) is 4. The monoisotopic (exact) mass is 473 g/mol. The number of aliphatic imine (C=N–C) groups is 1. The number of H-pyrrole nitrogens is 1. The molecule has 35 heavy (non-hydrogen) atoms. The molecule has 0 amide bonds. The predicted octanol–water partition coefficient (Wildman–Crippen LogP) is 3.10. The Hall–Kier alpha value is -4.18. The number of aromatic amines is 1. The third-order valence-electron chi connectivity index (χ3n) is 6.05. The maximum atomic E-state index is 10.9. The molecule has 0 atom stereocenters. The fourth-order valence-corrected chi connectivity index (χ4v) is 4.27. The van der Waals surface area contributed by atoms with Crippen LogP contribution in [0.3, 0.4) is 0 Å². The normalized spacial score (nSPS) is 15.3. The summed E-state index contributed by atoms with van der Waals surface area (Å²) in [6.07, 6.45) is 2.47. The number of nitrogens with one attached hydrogen (secondary N) is 3. The van der Waals surface area contributed by atoms with Crippen molar-refractivity contribution in [3.8, 4) is 16.9 Å². The maximum Gasteiger partial charge on any atom is 0.322 e. The molecule has 10 nitrogen and oxygen atoms in total. The van der Waals surface area contributed by atoms with E-state index in [2.05, 4.69) is 42.5 Å². The first-order chi connectivity index (χ1) is 17.1. The van der Waals surface area contributed by atoms with Gasteiger partial charge in [-0.2, -0.15) is 0 Å². The van der Waals surface area contributed by atoms with Crippen LogP contribution in [0, 0.1) is 0 Å². The predicted molar refractivity (Wildman–Crippen MR) is 134 cm³/mol. The van der Waals surface area contributed by atoms with Crippen molar-refractivity contribution in [1.82, 2.24) is 25.6 Å². The lowest BCUT2D eigenvalue weighted by atomic mass is 10.0. The summed E-state index contributed by atoms with van der Waals surface area (Å²) in [6, 6.07) is 13.6. The molecule has 2 aliphatic rings. The fourth-order valence-electron chi connectivity index (χ4n) is 4.27. The standard InChI is InChI=1S/C25H27N7O3/c1-16-23-25(30-31-29-23)28-24(27-16)20-8-7-18(14-21(20)35-12-11-32-9-2-3-10-32)17-5-4-6-19(13-17)26-15-22(33)34/h4-8,13-14,26H,1-3,9-12,15H2,(H,33,34)(H2,27,28,29,30,31). The Morgan fingerprint density at radius 3 is 2.83 bits per heavy atom. The topological polar surface area (TPSA) is 128 Å². The number of hydrogen-bond acceptors (Lipinski definition) is 8. The van der Waals surface area contributed by atoms with Crippen molar-refractivity contribution in [2.24, 2.45) is 4.99 Å². The summed E-state index contributed by atoms with van der Waals surface area (Å²) < 4.78 is 6.30. The molecule has 3 aromatic rings. The van der Waals surface area contributed by atoms with Gasteiger partial charge >= 0.3 is 5.97 Å². The number of rotatable bonds is 9. The molecule has 0 spiro atoms. The summed E-state index contributed by atoms with van der Waals surface area (Å²) in [5, 5.41) is 25.7. The van der Waals surface area contributed by atoms with Crippen LogP contribution in [0.25, 0.3) is 16.8 Å². The molecule has 1 fully saturated rings. The number of carbonyl (C=O) groups is 1. The number of anilines is 1. The SMILES string of the molecule is C=C1NC(c2ccc(-c3cccc(NCC(=O)O)c3)cc2OCCN2CCCC2)=Nc2[nH]nnc21. The molecule has 0 aliphatic carbocycles. The van der Waals surface area contributed by atoms with Gasteiger partial charge in [0, 0.05) is 12.2 Å². The van der Waals surface area contributed by atoms with Crippen LogP contribution in [0.1, 0.15) is 24.1 Å². The van der Waals surface area contributed by atoms with Gasteiger partial charge in [-0.25, -0.2) is 10.1 Å². The molecule has 4 N–H and O–H groups in total. The molecule has 0 radical (unpaired) electrons. The molecule has 180 valence electrons. The van der Waals surface area contributed by atoms with Gasteiger partial charge in [-0.1, -0.05) is 30.0 Å². The summed E-state index contributed by atoms with van der Waals surface area (Å²) in [7, 11) is 0. The molecule has 3 heterocycles. The van der Waals surface area contributed by atoms with Crippen LogP contribution >= 0.6 is 0 Å². The number of likely N-dealkylation sites (tertiary alicyclic amines) is 1. The van der Waals surface area contributed by atoms with Gasteiger partial charge < -0.3 is 20.5 Å². The number of nitrogens with zero attached hydrogens (tertiary/aromatic N) is 4. The largest absolute Gasteiger partial charge is 0.491 e. The fraction of sp³-hybridized carbons (Fsp3) is 0.280. The number of benzene rings is 2. The highest BCUT2D eigenvalue weighted by Crippen LogP contribution is 2.32. The highest BCUT2D eigenvalue weighted by molar-refractivity contribution is 6.08. The average molecular weight is 474 g/mol. The van der Waals surface area contributed by atoms with E-state index in [1.807, 2.05) is 42.5 Å². The third-order valence-corrected chi connectivity index (χ3v) is 6.05. The molecule has 0 saturated carbocycles. The lowest BCUT2D eigenvalue weighted by Gasteiger charge is -2.20. The molecule has 1 saturated heterocycles. The summed E-state index contributed by atoms with van der Waals surface area (Å²) in [4.78, 5) is 18.0. The summed E-state index contributed by atoms with van der Waals surface area (Å²) in [5.74, 6) is 0.938. The second-order valence-electron chi connectivity index (χ2n) is 8.51. The second-order valence-corrected chi connectivity index (χ2v) is 8.51. The van der Waals surface area contributed by atoms with Crippen LogP contribution < -0.4 is 15.4 Å². The molecular weight excluding hydrogens is 446 g/mol. The van der Waals surface area contributed by atoms with Gasteiger partial charge in [0.05, 0.1) is 11.3 Å². The Bertz CT molecular complexity index is 1280. The van der Waals surface area contributed by atoms with Crippen molar-refractivity contribution >= 4 is 29.0 Å². The second kappa shape index (κ2) is 9.98. The van der Waals surface area contributed by atoms with E-state index in [0.29, 0.717) is 35.4 Å². The van der Waals surface area contributed by atoms with Gasteiger partial charge in [0.1, 0.15) is 24.7 Å². The first-order valence-electron chi connectivity index (χ1n) is 11.6. The van der Waals surface area contributed by atoms with Crippen LogP contribution in [0.4, 0.5) is 11.5 Å². The van der Waals surface area contributed by atoms with Gasteiger partial charge in [-0.3, -0.25) is 9.69 Å². The minimum Gasteiger partial charge on any atom is -0.491 e. The number of fused-ring (bicyclic) bond motifs is 1. The summed E-state index contributed by atoms with van der Waals surface area (Å²) in [6.45, 7) is 7.53. The van der Waals surface area contributed by atoms with E-state index >= 15 is 0 Å². The van der Waals surface area contributed by atoms with Gasteiger partial charge in [0.2, 0.25) is 0 Å². The lowest BCUT2D eigenvalue weighted by Crippen LogP contribution is -2.27. The third kappa shape index (κ3) is 5.17. The molecule has 10 heteroatoms. The number of carboxylic acids is 1. The average Bonchev–Trinajstić information content (AvgIpc) is 3.55. The summed E-state index contributed by atoms with van der Waals surface area (Å²) in [5.41, 5.74) is 4.63. The van der Waals surface area contributed by atoms with Crippen LogP contribution in [0.5, 0.6) is 5.75 Å². The van der Waals surface area contributed by atoms with Gasteiger partial charge in [0.15, 0.2) is 11.5 Å². The molecule has 1 aromatic heterocycles. The van der Waals surface area contributed by atoms with Gasteiger partial charge in [0.25, 0.3) is 0 Å². The molecule has 2 aromatic carbocycles. The Labute approximate surface area is 202 Å². The quantitative estimate of drug-likeness (QED) is 0.373. The number of ether oxygens (including phenoxy) is 1. The van der Waals surface area contributed by atoms with Crippen molar-refractivity contribution in [2.75, 3.05) is 38.1 Å². The number of aliphatic carboxylic acids is 1. The van der Waals surface area contributed by atoms with Crippen molar-refractivity contribution in [1.29, 1.82) is 0 Å². The molecule has 0 bridgehead atoms. The van der Waals surface area contributed by atoms with Crippen molar-refractivity contribution in [3.63, 3.8) is 0 Å². The smallest absolute Gasteiger partial charge is 0.322 e. The first-order valence-corrected chi connectivity index (χ1v) is 11.6. The van der Waals surface area contributed by atoms with E-state index < -0.39 is 5.97 Å².